The Morgan fingerprint density at radius 3 is 2.48 bits per heavy atom. The molecular formula is C19H19N3O2S. The predicted octanol–water partition coefficient (Wildman–Crippen LogP) is 3.13. The topological polar surface area (TPSA) is 73.4 Å². The monoisotopic (exact) mass is 353 g/mol. The Kier molecular flexibility index (Phi) is 4.72. The molecule has 0 saturated heterocycles. The van der Waals surface area contributed by atoms with Gasteiger partial charge in [0.05, 0.1) is 11.6 Å². The second-order valence-corrected chi connectivity index (χ2v) is 6.36. The molecule has 0 spiro atoms. The average Bonchev–Trinajstić information content (AvgIpc) is 2.56. The molecule has 25 heavy (non-hydrogen) atoms. The summed E-state index contributed by atoms with van der Waals surface area (Å²) in [6, 6.07) is 14.0. The molecule has 1 amide bonds. The number of carbonyl (C=O) groups excluding carboxylic acids is 1. The molecule has 1 aliphatic heterocycles. The number of nitrogens with one attached hydrogen (secondary N) is 3. The maximum absolute atomic E-state index is 12.9. The molecule has 1 aliphatic rings. The van der Waals surface area contributed by atoms with E-state index in [1.165, 1.54) is 0 Å². The number of allylic oxidation sites excluding steroid dienone is 1. The second-order valence-electron chi connectivity index (χ2n) is 5.95. The summed E-state index contributed by atoms with van der Waals surface area (Å²) in [6.45, 7) is 3.78. The van der Waals surface area contributed by atoms with Crippen LogP contribution in [0.1, 0.15) is 24.1 Å². The third-order valence-electron chi connectivity index (χ3n) is 4.07. The molecule has 0 saturated carbocycles. The number of anilines is 1. The Hall–Kier alpha value is -2.86. The predicted molar refractivity (Wildman–Crippen MR) is 102 cm³/mol. The van der Waals surface area contributed by atoms with Crippen molar-refractivity contribution in [3.63, 3.8) is 0 Å². The number of phenols is 1. The zero-order valence-corrected chi connectivity index (χ0v) is 14.8. The number of carbonyl (C=O) groups is 1. The highest BCUT2D eigenvalue weighted by Crippen LogP contribution is 2.32. The lowest BCUT2D eigenvalue weighted by Gasteiger charge is -2.30. The Morgan fingerprint density at radius 2 is 1.80 bits per heavy atom. The van der Waals surface area contributed by atoms with Gasteiger partial charge < -0.3 is 21.1 Å². The molecule has 0 fully saturated rings. The molecule has 1 atom stereocenters. The number of thiocarbonyl (C=S) groups is 1. The fourth-order valence-corrected chi connectivity index (χ4v) is 3.07. The summed E-state index contributed by atoms with van der Waals surface area (Å²) >= 11 is 5.22. The highest BCUT2D eigenvalue weighted by atomic mass is 32.1. The Morgan fingerprint density at radius 1 is 1.12 bits per heavy atom. The molecule has 2 aromatic carbocycles. The van der Waals surface area contributed by atoms with Crippen molar-refractivity contribution in [3.8, 4) is 5.75 Å². The number of aryl methyl sites for hydroxylation is 1. The summed E-state index contributed by atoms with van der Waals surface area (Å²) in [5, 5.41) is 19.6. The number of rotatable bonds is 3. The molecule has 2 aromatic rings. The zero-order valence-electron chi connectivity index (χ0n) is 14.0. The lowest BCUT2D eigenvalue weighted by Crippen LogP contribution is -2.45. The minimum atomic E-state index is -0.527. The summed E-state index contributed by atoms with van der Waals surface area (Å²) in [7, 11) is 0. The molecule has 0 aromatic heterocycles. The molecule has 4 N–H and O–H groups in total. The largest absolute Gasteiger partial charge is 0.508 e. The molecule has 0 aliphatic carbocycles. The molecule has 0 unspecified atom stereocenters. The van der Waals surface area contributed by atoms with Gasteiger partial charge in [-0.2, -0.15) is 0 Å². The van der Waals surface area contributed by atoms with Gasteiger partial charge in [0.1, 0.15) is 5.75 Å². The van der Waals surface area contributed by atoms with E-state index in [0.717, 1.165) is 5.56 Å². The minimum absolute atomic E-state index is 0.109. The number of hydrogen-bond donors (Lipinski definition) is 4. The van der Waals surface area contributed by atoms with Crippen LogP contribution >= 0.6 is 12.2 Å². The lowest BCUT2D eigenvalue weighted by atomic mass is 9.94. The summed E-state index contributed by atoms with van der Waals surface area (Å²) < 4.78 is 0. The van der Waals surface area contributed by atoms with Crippen LogP contribution in [0.5, 0.6) is 5.75 Å². The molecule has 5 nitrogen and oxygen atoms in total. The van der Waals surface area contributed by atoms with Crippen molar-refractivity contribution >= 4 is 28.9 Å². The van der Waals surface area contributed by atoms with Crippen molar-refractivity contribution < 1.29 is 9.90 Å². The Labute approximate surface area is 151 Å². The van der Waals surface area contributed by atoms with Crippen molar-refractivity contribution in [2.45, 2.75) is 19.9 Å². The molecule has 6 heteroatoms. The smallest absolute Gasteiger partial charge is 0.255 e. The Bertz CT molecular complexity index is 859. The highest BCUT2D eigenvalue weighted by Gasteiger charge is 2.31. The zero-order chi connectivity index (χ0) is 18.0. The first kappa shape index (κ1) is 17.0. The first-order valence-electron chi connectivity index (χ1n) is 7.90. The highest BCUT2D eigenvalue weighted by molar-refractivity contribution is 7.80. The van der Waals surface area contributed by atoms with E-state index >= 15 is 0 Å². The van der Waals surface area contributed by atoms with Gasteiger partial charge in [-0.1, -0.05) is 35.9 Å². The summed E-state index contributed by atoms with van der Waals surface area (Å²) in [5.41, 5.74) is 3.56. The summed E-state index contributed by atoms with van der Waals surface area (Å²) in [4.78, 5) is 12.9. The third kappa shape index (κ3) is 3.64. The Balaban J connectivity index is 1.96. The average molecular weight is 353 g/mol. The van der Waals surface area contributed by atoms with Gasteiger partial charge in [-0.25, -0.2) is 0 Å². The van der Waals surface area contributed by atoms with Gasteiger partial charge in [-0.3, -0.25) is 4.79 Å². The number of hydrogen-bond acceptors (Lipinski definition) is 3. The van der Waals surface area contributed by atoms with E-state index in [0.29, 0.717) is 27.6 Å². The maximum Gasteiger partial charge on any atom is 0.255 e. The van der Waals surface area contributed by atoms with E-state index < -0.39 is 6.04 Å². The minimum Gasteiger partial charge on any atom is -0.508 e. The van der Waals surface area contributed by atoms with E-state index in [9.17, 15) is 9.90 Å². The van der Waals surface area contributed by atoms with Crippen molar-refractivity contribution in [1.82, 2.24) is 10.6 Å². The van der Waals surface area contributed by atoms with Gasteiger partial charge in [-0.15, -0.1) is 0 Å². The van der Waals surface area contributed by atoms with Crippen LogP contribution in [0.25, 0.3) is 0 Å². The van der Waals surface area contributed by atoms with Gasteiger partial charge in [0.25, 0.3) is 5.91 Å². The second kappa shape index (κ2) is 6.94. The van der Waals surface area contributed by atoms with Crippen LogP contribution in [-0.4, -0.2) is 16.1 Å². The van der Waals surface area contributed by atoms with Crippen molar-refractivity contribution in [2.24, 2.45) is 0 Å². The van der Waals surface area contributed by atoms with Crippen LogP contribution in [0, 0.1) is 6.92 Å². The van der Waals surface area contributed by atoms with Gasteiger partial charge >= 0.3 is 0 Å². The first-order valence-corrected chi connectivity index (χ1v) is 8.30. The van der Waals surface area contributed by atoms with Crippen LogP contribution < -0.4 is 16.0 Å². The maximum atomic E-state index is 12.9. The van der Waals surface area contributed by atoms with Crippen LogP contribution in [0.15, 0.2) is 59.8 Å². The number of para-hydroxylation sites is 1. The first-order chi connectivity index (χ1) is 12.0. The van der Waals surface area contributed by atoms with Crippen LogP contribution in [0.3, 0.4) is 0 Å². The van der Waals surface area contributed by atoms with Crippen LogP contribution in [0.4, 0.5) is 5.69 Å². The molecular weight excluding hydrogens is 334 g/mol. The summed E-state index contributed by atoms with van der Waals surface area (Å²) in [5.74, 6) is -0.143. The van der Waals surface area contributed by atoms with Gasteiger partial charge in [0.2, 0.25) is 0 Å². The fraction of sp³-hybridized carbons (Fsp3) is 0.158. The molecule has 1 heterocycles. The number of aromatic hydroxyl groups is 1. The van der Waals surface area contributed by atoms with Gasteiger partial charge in [0, 0.05) is 16.9 Å². The molecule has 0 bridgehead atoms. The van der Waals surface area contributed by atoms with E-state index in [2.05, 4.69) is 16.0 Å². The quantitative estimate of drug-likeness (QED) is 0.638. The summed E-state index contributed by atoms with van der Waals surface area (Å²) in [6.07, 6.45) is 0. The van der Waals surface area contributed by atoms with Crippen molar-refractivity contribution in [3.05, 3.63) is 70.9 Å². The standard InChI is InChI=1S/C19H19N3O2S/c1-11-7-9-13(10-8-11)21-18(24)16-12(2)20-19(25)22-17(16)14-5-3-4-6-15(14)23/h3-10,17,23H,1-2H3,(H,21,24)(H2,20,22,25)/t17-/m0/s1. The fourth-order valence-electron chi connectivity index (χ4n) is 2.80. The number of benzene rings is 2. The van der Waals surface area contributed by atoms with E-state index in [1.807, 2.05) is 37.3 Å². The normalized spacial score (nSPS) is 16.9. The number of phenolic OH excluding ortho intramolecular Hbond substituents is 1. The number of amides is 1. The molecule has 3 rings (SSSR count). The molecule has 128 valence electrons. The SMILES string of the molecule is CC1=C(C(=O)Nc2ccc(C)cc2)[C@H](c2ccccc2O)NC(=S)N1. The van der Waals surface area contributed by atoms with Crippen LogP contribution in [-0.2, 0) is 4.79 Å². The van der Waals surface area contributed by atoms with E-state index in [-0.39, 0.29) is 11.7 Å². The van der Waals surface area contributed by atoms with E-state index in [4.69, 9.17) is 12.2 Å². The van der Waals surface area contributed by atoms with Crippen LogP contribution in [0.2, 0.25) is 0 Å². The third-order valence-corrected chi connectivity index (χ3v) is 4.29. The van der Waals surface area contributed by atoms with Crippen molar-refractivity contribution in [1.29, 1.82) is 0 Å². The van der Waals surface area contributed by atoms with Gasteiger partial charge in [0.15, 0.2) is 5.11 Å². The van der Waals surface area contributed by atoms with Gasteiger partial charge in [-0.05, 0) is 44.3 Å². The molecule has 0 radical (unpaired) electrons. The van der Waals surface area contributed by atoms with E-state index in [1.54, 1.807) is 25.1 Å². The lowest BCUT2D eigenvalue weighted by molar-refractivity contribution is -0.113. The van der Waals surface area contributed by atoms with Crippen molar-refractivity contribution in [2.75, 3.05) is 5.32 Å².